The predicted octanol–water partition coefficient (Wildman–Crippen LogP) is 1.64. The van der Waals surface area contributed by atoms with Crippen LogP contribution in [0.1, 0.15) is 0 Å². The third-order valence-electron chi connectivity index (χ3n) is 3.47. The number of hydrogen-bond acceptors (Lipinski definition) is 7. The van der Waals surface area contributed by atoms with Gasteiger partial charge in [-0.15, -0.1) is 0 Å². The molecule has 0 N–H and O–H groups in total. The summed E-state index contributed by atoms with van der Waals surface area (Å²) < 4.78 is 63.1. The molecule has 0 amide bonds. The quantitative estimate of drug-likeness (QED) is 0.723. The Morgan fingerprint density at radius 2 is 1.72 bits per heavy atom. The maximum absolute atomic E-state index is 12.6. The fraction of sp³-hybridized carbons (Fsp3) is 0.250. The molecule has 1 aliphatic rings. The second kappa shape index (κ2) is 6.66. The number of ether oxygens (including phenoxy) is 2. The standard InChI is InChI=1S/C16H16O7S2/c1-24(17,18)22-11-12-10-21-16-9-14(7-8-15(16)23-12)25(19,20)13-5-3-2-4-6-13/h2-9,12H,10-11H2,1H3/t12-/m0/s1. The first kappa shape index (κ1) is 17.7. The van der Waals surface area contributed by atoms with E-state index in [9.17, 15) is 16.8 Å². The zero-order chi connectivity index (χ0) is 18.1. The Kier molecular flexibility index (Phi) is 4.72. The van der Waals surface area contributed by atoms with Crippen molar-refractivity contribution in [1.82, 2.24) is 0 Å². The maximum Gasteiger partial charge on any atom is 0.264 e. The van der Waals surface area contributed by atoms with Gasteiger partial charge in [-0.05, 0) is 24.3 Å². The van der Waals surface area contributed by atoms with E-state index in [0.29, 0.717) is 5.75 Å². The Morgan fingerprint density at radius 1 is 1.00 bits per heavy atom. The summed E-state index contributed by atoms with van der Waals surface area (Å²) in [7, 11) is -7.23. The van der Waals surface area contributed by atoms with Crippen molar-refractivity contribution >= 4 is 20.0 Å². The summed E-state index contributed by atoms with van der Waals surface area (Å²) in [5, 5.41) is 0. The van der Waals surface area contributed by atoms with E-state index in [-0.39, 0.29) is 28.8 Å². The van der Waals surface area contributed by atoms with Crippen LogP contribution in [-0.2, 0) is 24.1 Å². The van der Waals surface area contributed by atoms with Crippen LogP contribution in [0.3, 0.4) is 0 Å². The molecule has 0 aromatic heterocycles. The lowest BCUT2D eigenvalue weighted by Gasteiger charge is -2.26. The Labute approximate surface area is 146 Å². The molecule has 1 aliphatic heterocycles. The van der Waals surface area contributed by atoms with Gasteiger partial charge in [0.1, 0.15) is 13.2 Å². The molecule has 25 heavy (non-hydrogen) atoms. The highest BCUT2D eigenvalue weighted by Gasteiger charge is 2.25. The Balaban J connectivity index is 1.81. The van der Waals surface area contributed by atoms with Crippen molar-refractivity contribution in [2.24, 2.45) is 0 Å². The zero-order valence-corrected chi connectivity index (χ0v) is 14.9. The summed E-state index contributed by atoms with van der Waals surface area (Å²) in [5.41, 5.74) is 0. The molecule has 0 radical (unpaired) electrons. The Bertz CT molecular complexity index is 967. The van der Waals surface area contributed by atoms with Crippen molar-refractivity contribution in [3.8, 4) is 11.5 Å². The molecule has 0 aliphatic carbocycles. The van der Waals surface area contributed by atoms with Crippen molar-refractivity contribution in [3.05, 3.63) is 48.5 Å². The molecule has 2 aromatic carbocycles. The van der Waals surface area contributed by atoms with E-state index in [1.165, 1.54) is 30.3 Å². The van der Waals surface area contributed by atoms with E-state index in [1.54, 1.807) is 18.2 Å². The number of hydrogen-bond donors (Lipinski definition) is 0. The van der Waals surface area contributed by atoms with Gasteiger partial charge in [0.2, 0.25) is 9.84 Å². The number of benzene rings is 2. The Morgan fingerprint density at radius 3 is 2.40 bits per heavy atom. The molecule has 134 valence electrons. The second-order valence-corrected chi connectivity index (χ2v) is 9.06. The lowest BCUT2D eigenvalue weighted by Crippen LogP contribution is -2.34. The minimum Gasteiger partial charge on any atom is -0.486 e. The van der Waals surface area contributed by atoms with Gasteiger partial charge in [-0.2, -0.15) is 8.42 Å². The van der Waals surface area contributed by atoms with E-state index >= 15 is 0 Å². The fourth-order valence-electron chi connectivity index (χ4n) is 2.28. The average Bonchev–Trinajstić information content (AvgIpc) is 2.59. The van der Waals surface area contributed by atoms with Crippen LogP contribution in [0.25, 0.3) is 0 Å². The molecule has 2 aromatic rings. The summed E-state index contributed by atoms with van der Waals surface area (Å²) in [6.45, 7) is -0.125. The van der Waals surface area contributed by atoms with E-state index in [1.807, 2.05) is 0 Å². The highest BCUT2D eigenvalue weighted by Crippen LogP contribution is 2.35. The highest BCUT2D eigenvalue weighted by molar-refractivity contribution is 7.91. The van der Waals surface area contributed by atoms with Gasteiger partial charge in [-0.3, -0.25) is 4.18 Å². The van der Waals surface area contributed by atoms with E-state index in [4.69, 9.17) is 13.7 Å². The molecule has 0 saturated carbocycles. The summed E-state index contributed by atoms with van der Waals surface area (Å²) in [4.78, 5) is 0.276. The van der Waals surface area contributed by atoms with Crippen molar-refractivity contribution in [3.63, 3.8) is 0 Å². The molecule has 3 rings (SSSR count). The topological polar surface area (TPSA) is 96.0 Å². The number of rotatable bonds is 5. The van der Waals surface area contributed by atoms with E-state index < -0.39 is 26.1 Å². The lowest BCUT2D eigenvalue weighted by atomic mass is 10.2. The number of fused-ring (bicyclic) bond motifs is 1. The third kappa shape index (κ3) is 4.12. The van der Waals surface area contributed by atoms with Gasteiger partial charge in [-0.25, -0.2) is 8.42 Å². The minimum atomic E-state index is -3.66. The van der Waals surface area contributed by atoms with Gasteiger partial charge in [0, 0.05) is 6.07 Å². The van der Waals surface area contributed by atoms with Gasteiger partial charge in [-0.1, -0.05) is 18.2 Å². The highest BCUT2D eigenvalue weighted by atomic mass is 32.2. The summed E-state index contributed by atoms with van der Waals surface area (Å²) in [6, 6.07) is 12.4. The zero-order valence-electron chi connectivity index (χ0n) is 13.3. The van der Waals surface area contributed by atoms with Gasteiger partial charge in [0.25, 0.3) is 10.1 Å². The normalized spacial score (nSPS) is 17.2. The Hall–Kier alpha value is -2.10. The monoisotopic (exact) mass is 384 g/mol. The molecule has 9 heteroatoms. The van der Waals surface area contributed by atoms with Crippen molar-refractivity contribution < 1.29 is 30.5 Å². The third-order valence-corrected chi connectivity index (χ3v) is 5.80. The lowest BCUT2D eigenvalue weighted by molar-refractivity contribution is 0.0555. The van der Waals surface area contributed by atoms with Crippen LogP contribution >= 0.6 is 0 Å². The molecule has 0 spiro atoms. The molecular formula is C16H16O7S2. The van der Waals surface area contributed by atoms with Crippen LogP contribution in [0.4, 0.5) is 0 Å². The molecular weight excluding hydrogens is 368 g/mol. The van der Waals surface area contributed by atoms with Crippen LogP contribution in [0.5, 0.6) is 11.5 Å². The van der Waals surface area contributed by atoms with Crippen LogP contribution in [0.15, 0.2) is 58.3 Å². The van der Waals surface area contributed by atoms with Gasteiger partial charge < -0.3 is 9.47 Å². The molecule has 7 nitrogen and oxygen atoms in total. The van der Waals surface area contributed by atoms with Crippen molar-refractivity contribution in [1.29, 1.82) is 0 Å². The fourth-order valence-corrected chi connectivity index (χ4v) is 3.98. The van der Waals surface area contributed by atoms with Crippen LogP contribution < -0.4 is 9.47 Å². The van der Waals surface area contributed by atoms with E-state index in [0.717, 1.165) is 6.26 Å². The second-order valence-electron chi connectivity index (χ2n) is 5.46. The van der Waals surface area contributed by atoms with Crippen LogP contribution in [0, 0.1) is 0 Å². The molecule has 0 fully saturated rings. The summed E-state index contributed by atoms with van der Waals surface area (Å²) in [5.74, 6) is 0.618. The molecule has 1 heterocycles. The van der Waals surface area contributed by atoms with Gasteiger partial charge >= 0.3 is 0 Å². The van der Waals surface area contributed by atoms with E-state index in [2.05, 4.69) is 0 Å². The summed E-state index contributed by atoms with van der Waals surface area (Å²) in [6.07, 6.45) is 0.351. The minimum absolute atomic E-state index is 0.0529. The van der Waals surface area contributed by atoms with Crippen molar-refractivity contribution in [2.45, 2.75) is 15.9 Å². The smallest absolute Gasteiger partial charge is 0.264 e. The molecule has 0 saturated heterocycles. The SMILES string of the molecule is CS(=O)(=O)OC[C@@H]1COc2cc(S(=O)(=O)c3ccccc3)ccc2O1. The van der Waals surface area contributed by atoms with Crippen LogP contribution in [-0.4, -0.2) is 42.4 Å². The largest absolute Gasteiger partial charge is 0.486 e. The van der Waals surface area contributed by atoms with Crippen LogP contribution in [0.2, 0.25) is 0 Å². The molecule has 1 atom stereocenters. The number of sulfone groups is 1. The first-order valence-electron chi connectivity index (χ1n) is 7.34. The summed E-state index contributed by atoms with van der Waals surface area (Å²) >= 11 is 0. The molecule has 0 bridgehead atoms. The first-order valence-corrected chi connectivity index (χ1v) is 10.6. The maximum atomic E-state index is 12.6. The van der Waals surface area contributed by atoms with Gasteiger partial charge in [0.15, 0.2) is 17.6 Å². The van der Waals surface area contributed by atoms with Crippen molar-refractivity contribution in [2.75, 3.05) is 19.5 Å². The molecule has 0 unspecified atom stereocenters. The predicted molar refractivity (Wildman–Crippen MR) is 89.0 cm³/mol. The van der Waals surface area contributed by atoms with Gasteiger partial charge in [0.05, 0.1) is 16.0 Å². The average molecular weight is 384 g/mol. The first-order chi connectivity index (χ1) is 11.8.